The third-order valence-corrected chi connectivity index (χ3v) is 6.39. The minimum Gasteiger partial charge on any atom is -0.351 e. The van der Waals surface area contributed by atoms with Crippen molar-refractivity contribution in [1.82, 2.24) is 9.62 Å². The van der Waals surface area contributed by atoms with Crippen molar-refractivity contribution in [3.63, 3.8) is 0 Å². The van der Waals surface area contributed by atoms with Crippen molar-refractivity contribution in [2.45, 2.75) is 18.0 Å². The number of carbonyl (C=O) groups excluding carboxylic acids is 1. The van der Waals surface area contributed by atoms with Gasteiger partial charge in [0.2, 0.25) is 15.9 Å². The Balaban J connectivity index is 1.78. The molecule has 0 bridgehead atoms. The van der Waals surface area contributed by atoms with Crippen LogP contribution in [-0.4, -0.2) is 25.2 Å². The second kappa shape index (κ2) is 9.84. The predicted octanol–water partition coefficient (Wildman–Crippen LogP) is 3.99. The molecule has 8 heteroatoms. The number of nitrogens with one attached hydrogen (secondary N) is 1. The van der Waals surface area contributed by atoms with Gasteiger partial charge < -0.3 is 5.32 Å². The van der Waals surface area contributed by atoms with E-state index in [4.69, 9.17) is 11.6 Å². The minimum atomic E-state index is -3.94. The standard InChI is InChI=1S/C22H20ClFN2O3S/c23-19-6-4-5-18(13-19)14-25-22(27)16-26(15-17-9-11-20(24)12-10-17)30(28,29)21-7-2-1-3-8-21/h1-13H,14-16H2,(H,25,27). The van der Waals surface area contributed by atoms with Crippen LogP contribution in [0.2, 0.25) is 5.02 Å². The number of nitrogens with zero attached hydrogens (tertiary/aromatic N) is 1. The summed E-state index contributed by atoms with van der Waals surface area (Å²) in [5.41, 5.74) is 1.37. The fourth-order valence-electron chi connectivity index (χ4n) is 2.82. The van der Waals surface area contributed by atoms with Gasteiger partial charge in [0.15, 0.2) is 0 Å². The maximum absolute atomic E-state index is 13.2. The summed E-state index contributed by atoms with van der Waals surface area (Å²) in [6.07, 6.45) is 0. The van der Waals surface area contributed by atoms with E-state index in [9.17, 15) is 17.6 Å². The Kier molecular flexibility index (Phi) is 7.20. The average molecular weight is 447 g/mol. The summed E-state index contributed by atoms with van der Waals surface area (Å²) in [4.78, 5) is 12.6. The van der Waals surface area contributed by atoms with E-state index in [2.05, 4.69) is 5.32 Å². The first-order valence-electron chi connectivity index (χ1n) is 9.15. The number of hydrogen-bond donors (Lipinski definition) is 1. The molecule has 0 atom stereocenters. The molecule has 0 aliphatic heterocycles. The van der Waals surface area contributed by atoms with E-state index >= 15 is 0 Å². The molecule has 1 amide bonds. The molecule has 0 aliphatic rings. The molecular weight excluding hydrogens is 427 g/mol. The summed E-state index contributed by atoms with van der Waals surface area (Å²) >= 11 is 5.95. The summed E-state index contributed by atoms with van der Waals surface area (Å²) < 4.78 is 40.5. The zero-order chi connectivity index (χ0) is 21.6. The third kappa shape index (κ3) is 5.89. The highest BCUT2D eigenvalue weighted by atomic mass is 35.5. The molecule has 0 unspecified atom stereocenters. The van der Waals surface area contributed by atoms with Gasteiger partial charge >= 0.3 is 0 Å². The average Bonchev–Trinajstić information content (AvgIpc) is 2.74. The van der Waals surface area contributed by atoms with Crippen molar-refractivity contribution in [2.24, 2.45) is 0 Å². The fourth-order valence-corrected chi connectivity index (χ4v) is 4.44. The molecule has 3 rings (SSSR count). The highest BCUT2D eigenvalue weighted by Gasteiger charge is 2.26. The van der Waals surface area contributed by atoms with Crippen molar-refractivity contribution >= 4 is 27.5 Å². The van der Waals surface area contributed by atoms with E-state index in [1.165, 1.54) is 36.4 Å². The van der Waals surface area contributed by atoms with Crippen molar-refractivity contribution in [2.75, 3.05) is 6.54 Å². The quantitative estimate of drug-likeness (QED) is 0.569. The van der Waals surface area contributed by atoms with Crippen LogP contribution in [0.5, 0.6) is 0 Å². The number of halogens is 2. The molecule has 0 heterocycles. The number of amides is 1. The molecule has 3 aromatic carbocycles. The highest BCUT2D eigenvalue weighted by molar-refractivity contribution is 7.89. The normalized spacial score (nSPS) is 11.4. The summed E-state index contributed by atoms with van der Waals surface area (Å²) in [7, 11) is -3.94. The van der Waals surface area contributed by atoms with Crippen molar-refractivity contribution in [3.05, 3.63) is 101 Å². The molecule has 30 heavy (non-hydrogen) atoms. The largest absolute Gasteiger partial charge is 0.351 e. The van der Waals surface area contributed by atoms with Crippen LogP contribution >= 0.6 is 11.6 Å². The topological polar surface area (TPSA) is 66.5 Å². The van der Waals surface area contributed by atoms with Crippen LogP contribution in [0.4, 0.5) is 4.39 Å². The Hall–Kier alpha value is -2.74. The first-order valence-corrected chi connectivity index (χ1v) is 11.0. The first-order chi connectivity index (χ1) is 14.3. The van der Waals surface area contributed by atoms with Gasteiger partial charge in [-0.25, -0.2) is 12.8 Å². The molecular formula is C22H20ClFN2O3S. The monoisotopic (exact) mass is 446 g/mol. The zero-order valence-electron chi connectivity index (χ0n) is 16.0. The van der Waals surface area contributed by atoms with Gasteiger partial charge in [-0.15, -0.1) is 0 Å². The molecule has 0 aromatic heterocycles. The highest BCUT2D eigenvalue weighted by Crippen LogP contribution is 2.18. The van der Waals surface area contributed by atoms with Crippen LogP contribution in [-0.2, 0) is 27.9 Å². The van der Waals surface area contributed by atoms with Gasteiger partial charge in [0.25, 0.3) is 0 Å². The van der Waals surface area contributed by atoms with E-state index in [-0.39, 0.29) is 24.5 Å². The molecule has 5 nitrogen and oxygen atoms in total. The Bertz CT molecular complexity index is 1110. The van der Waals surface area contributed by atoms with Gasteiger partial charge in [0.05, 0.1) is 11.4 Å². The molecule has 1 N–H and O–H groups in total. The van der Waals surface area contributed by atoms with Crippen LogP contribution in [0.25, 0.3) is 0 Å². The van der Waals surface area contributed by atoms with Crippen molar-refractivity contribution in [1.29, 1.82) is 0 Å². The van der Waals surface area contributed by atoms with E-state index < -0.39 is 21.7 Å². The second-order valence-corrected chi connectivity index (χ2v) is 8.99. The summed E-state index contributed by atoms with van der Waals surface area (Å²) in [6.45, 7) is -0.230. The van der Waals surface area contributed by atoms with Crippen molar-refractivity contribution in [3.8, 4) is 0 Å². The molecule has 156 valence electrons. The summed E-state index contributed by atoms with van der Waals surface area (Å²) in [5, 5.41) is 3.26. The first kappa shape index (κ1) is 22.0. The van der Waals surface area contributed by atoms with Gasteiger partial charge in [-0.05, 0) is 47.5 Å². The van der Waals surface area contributed by atoms with Crippen LogP contribution in [0.15, 0.2) is 83.8 Å². The lowest BCUT2D eigenvalue weighted by Crippen LogP contribution is -2.40. The maximum atomic E-state index is 13.2. The Morgan fingerprint density at radius 2 is 1.63 bits per heavy atom. The summed E-state index contributed by atoms with van der Waals surface area (Å²) in [6, 6.07) is 20.4. The lowest BCUT2D eigenvalue weighted by atomic mass is 10.2. The molecule has 0 spiro atoms. The zero-order valence-corrected chi connectivity index (χ0v) is 17.5. The predicted molar refractivity (Wildman–Crippen MR) is 114 cm³/mol. The number of benzene rings is 3. The smallest absolute Gasteiger partial charge is 0.243 e. The lowest BCUT2D eigenvalue weighted by Gasteiger charge is -2.22. The SMILES string of the molecule is O=C(CN(Cc1ccc(F)cc1)S(=O)(=O)c1ccccc1)NCc1cccc(Cl)c1. The maximum Gasteiger partial charge on any atom is 0.243 e. The number of hydrogen-bond acceptors (Lipinski definition) is 3. The second-order valence-electron chi connectivity index (χ2n) is 6.62. The molecule has 0 radical (unpaired) electrons. The van der Waals surface area contributed by atoms with Gasteiger partial charge in [-0.2, -0.15) is 4.31 Å². The number of carbonyl (C=O) groups is 1. The molecule has 0 aliphatic carbocycles. The van der Waals surface area contributed by atoms with Gasteiger partial charge in [-0.3, -0.25) is 4.79 Å². The van der Waals surface area contributed by atoms with Gasteiger partial charge in [0.1, 0.15) is 5.82 Å². The molecule has 0 saturated carbocycles. The Morgan fingerprint density at radius 3 is 2.30 bits per heavy atom. The van der Waals surface area contributed by atoms with E-state index in [1.54, 1.807) is 36.4 Å². The van der Waals surface area contributed by atoms with E-state index in [1.807, 2.05) is 6.07 Å². The van der Waals surface area contributed by atoms with Crippen LogP contribution < -0.4 is 5.32 Å². The van der Waals surface area contributed by atoms with Crippen LogP contribution in [0, 0.1) is 5.82 Å². The third-order valence-electron chi connectivity index (χ3n) is 4.35. The number of sulfonamides is 1. The lowest BCUT2D eigenvalue weighted by molar-refractivity contribution is -0.121. The summed E-state index contributed by atoms with van der Waals surface area (Å²) in [5.74, 6) is -0.882. The minimum absolute atomic E-state index is 0.0674. The van der Waals surface area contributed by atoms with Crippen LogP contribution in [0.1, 0.15) is 11.1 Å². The Morgan fingerprint density at radius 1 is 0.933 bits per heavy atom. The fraction of sp³-hybridized carbons (Fsp3) is 0.136. The van der Waals surface area contributed by atoms with E-state index in [0.717, 1.165) is 9.87 Å². The molecule has 0 saturated heterocycles. The van der Waals surface area contributed by atoms with Gasteiger partial charge in [-0.1, -0.05) is 54.1 Å². The van der Waals surface area contributed by atoms with Crippen LogP contribution in [0.3, 0.4) is 0 Å². The molecule has 0 fully saturated rings. The molecule has 3 aromatic rings. The number of rotatable bonds is 8. The van der Waals surface area contributed by atoms with Crippen molar-refractivity contribution < 1.29 is 17.6 Å². The Labute approximate surface area is 180 Å². The van der Waals surface area contributed by atoms with Gasteiger partial charge in [0, 0.05) is 18.1 Å². The van der Waals surface area contributed by atoms with E-state index in [0.29, 0.717) is 10.6 Å².